The van der Waals surface area contributed by atoms with Gasteiger partial charge in [0.2, 0.25) is 0 Å². The summed E-state index contributed by atoms with van der Waals surface area (Å²) < 4.78 is 40.2. The van der Waals surface area contributed by atoms with Crippen LogP contribution in [0.5, 0.6) is 0 Å². The summed E-state index contributed by atoms with van der Waals surface area (Å²) in [5.41, 5.74) is 2.10. The Labute approximate surface area is 111 Å². The number of hydrogen-bond donors (Lipinski definition) is 1. The van der Waals surface area contributed by atoms with Crippen molar-refractivity contribution in [3.05, 3.63) is 34.9 Å². The summed E-state index contributed by atoms with van der Waals surface area (Å²) in [6.45, 7) is 5.74. The van der Waals surface area contributed by atoms with E-state index in [1.165, 1.54) is 4.90 Å². The van der Waals surface area contributed by atoms with E-state index in [2.05, 4.69) is 5.32 Å². The van der Waals surface area contributed by atoms with Crippen LogP contribution in [0.2, 0.25) is 0 Å². The van der Waals surface area contributed by atoms with E-state index in [0.29, 0.717) is 31.7 Å². The quantitative estimate of drug-likeness (QED) is 0.890. The molecule has 1 fully saturated rings. The summed E-state index contributed by atoms with van der Waals surface area (Å²) >= 11 is 0. The van der Waals surface area contributed by atoms with Crippen molar-refractivity contribution in [1.29, 1.82) is 0 Å². The molecule has 1 N–H and O–H groups in total. The van der Waals surface area contributed by atoms with Crippen LogP contribution in [0.1, 0.15) is 22.7 Å². The first-order valence-electron chi connectivity index (χ1n) is 6.47. The van der Waals surface area contributed by atoms with Gasteiger partial charge in [-0.2, -0.15) is 13.2 Å². The summed E-state index contributed by atoms with van der Waals surface area (Å²) in [4.78, 5) is 1.52. The third-order valence-corrected chi connectivity index (χ3v) is 3.39. The molecule has 5 heteroatoms. The highest BCUT2D eigenvalue weighted by molar-refractivity contribution is 5.31. The minimum absolute atomic E-state index is 0.354. The predicted octanol–water partition coefficient (Wildman–Crippen LogP) is 2.81. The maximum absolute atomic E-state index is 13.4. The molecule has 1 heterocycles. The largest absolute Gasteiger partial charge is 0.408 e. The van der Waals surface area contributed by atoms with Crippen molar-refractivity contribution >= 4 is 0 Å². The molecule has 0 aliphatic carbocycles. The zero-order valence-corrected chi connectivity index (χ0v) is 11.2. The van der Waals surface area contributed by atoms with E-state index in [4.69, 9.17) is 0 Å². The highest BCUT2D eigenvalue weighted by Crippen LogP contribution is 2.38. The first kappa shape index (κ1) is 14.3. The Hall–Kier alpha value is -1.07. The fourth-order valence-corrected chi connectivity index (χ4v) is 2.71. The number of nitrogens with one attached hydrogen (secondary N) is 1. The van der Waals surface area contributed by atoms with Crippen molar-refractivity contribution in [2.45, 2.75) is 26.1 Å². The molecule has 1 aromatic carbocycles. The van der Waals surface area contributed by atoms with Gasteiger partial charge in [-0.05, 0) is 19.4 Å². The summed E-state index contributed by atoms with van der Waals surface area (Å²) in [6.07, 6.45) is -4.24. The fraction of sp³-hybridized carbons (Fsp3) is 0.571. The average Bonchev–Trinajstić information content (AvgIpc) is 2.27. The maximum Gasteiger partial charge on any atom is 0.408 e. The minimum atomic E-state index is -4.24. The number of hydrogen-bond acceptors (Lipinski definition) is 2. The lowest BCUT2D eigenvalue weighted by Crippen LogP contribution is -2.49. The number of nitrogens with zero attached hydrogens (tertiary/aromatic N) is 1. The molecule has 2 nitrogen and oxygen atoms in total. The van der Waals surface area contributed by atoms with Gasteiger partial charge >= 0.3 is 6.18 Å². The molecule has 0 radical (unpaired) electrons. The number of halogens is 3. The van der Waals surface area contributed by atoms with Gasteiger partial charge < -0.3 is 5.32 Å². The Kier molecular flexibility index (Phi) is 4.16. The lowest BCUT2D eigenvalue weighted by molar-refractivity contribution is -0.187. The van der Waals surface area contributed by atoms with Crippen molar-refractivity contribution in [3.8, 4) is 0 Å². The molecule has 1 aromatic rings. The van der Waals surface area contributed by atoms with Gasteiger partial charge in [0.15, 0.2) is 0 Å². The second kappa shape index (κ2) is 5.51. The Morgan fingerprint density at radius 3 is 2.05 bits per heavy atom. The molecule has 19 heavy (non-hydrogen) atoms. The molecule has 0 bridgehead atoms. The lowest BCUT2D eigenvalue weighted by atomic mass is 9.99. The highest BCUT2D eigenvalue weighted by Gasteiger charge is 2.44. The van der Waals surface area contributed by atoms with Gasteiger partial charge in [0, 0.05) is 26.2 Å². The molecule has 0 saturated carbocycles. The number of piperazine rings is 1. The van der Waals surface area contributed by atoms with E-state index in [1.54, 1.807) is 12.1 Å². The van der Waals surface area contributed by atoms with Gasteiger partial charge in [0.05, 0.1) is 0 Å². The predicted molar refractivity (Wildman–Crippen MR) is 69.2 cm³/mol. The molecular weight excluding hydrogens is 253 g/mol. The highest BCUT2D eigenvalue weighted by atomic mass is 19.4. The second-order valence-electron chi connectivity index (χ2n) is 5.15. The van der Waals surface area contributed by atoms with Crippen LogP contribution in [0.4, 0.5) is 13.2 Å². The number of rotatable bonds is 2. The van der Waals surface area contributed by atoms with Gasteiger partial charge in [-0.3, -0.25) is 4.90 Å². The first-order valence-corrected chi connectivity index (χ1v) is 6.47. The summed E-state index contributed by atoms with van der Waals surface area (Å²) in [5, 5.41) is 3.09. The topological polar surface area (TPSA) is 15.3 Å². The van der Waals surface area contributed by atoms with Gasteiger partial charge in [0.25, 0.3) is 0 Å². The van der Waals surface area contributed by atoms with Crippen molar-refractivity contribution < 1.29 is 13.2 Å². The van der Waals surface area contributed by atoms with E-state index < -0.39 is 12.2 Å². The van der Waals surface area contributed by atoms with Crippen molar-refractivity contribution in [2.24, 2.45) is 0 Å². The number of benzene rings is 1. The molecule has 0 unspecified atom stereocenters. The van der Waals surface area contributed by atoms with Crippen LogP contribution in [0.15, 0.2) is 18.2 Å². The van der Waals surface area contributed by atoms with Gasteiger partial charge in [-0.1, -0.05) is 29.3 Å². The van der Waals surface area contributed by atoms with E-state index in [9.17, 15) is 13.2 Å². The molecule has 1 atom stereocenters. The van der Waals surface area contributed by atoms with Crippen LogP contribution in [-0.4, -0.2) is 37.3 Å². The zero-order valence-electron chi connectivity index (χ0n) is 11.2. The van der Waals surface area contributed by atoms with Crippen molar-refractivity contribution in [2.75, 3.05) is 26.2 Å². The summed E-state index contributed by atoms with van der Waals surface area (Å²) in [7, 11) is 0. The van der Waals surface area contributed by atoms with Crippen molar-refractivity contribution in [1.82, 2.24) is 10.2 Å². The van der Waals surface area contributed by atoms with E-state index in [0.717, 1.165) is 11.1 Å². The normalized spacial score (nSPS) is 19.4. The van der Waals surface area contributed by atoms with Crippen LogP contribution >= 0.6 is 0 Å². The SMILES string of the molecule is Cc1cc(C)cc([C@@H](N2CCNCC2)C(F)(F)F)c1. The molecule has 106 valence electrons. The Morgan fingerprint density at radius 1 is 1.05 bits per heavy atom. The summed E-state index contributed by atoms with van der Waals surface area (Å²) in [6, 6.07) is 3.70. The third kappa shape index (κ3) is 3.48. The molecule has 1 saturated heterocycles. The Balaban J connectivity index is 2.36. The van der Waals surface area contributed by atoms with Crippen LogP contribution in [0.25, 0.3) is 0 Å². The lowest BCUT2D eigenvalue weighted by Gasteiger charge is -2.36. The molecule has 1 aliphatic rings. The monoisotopic (exact) mass is 272 g/mol. The maximum atomic E-state index is 13.4. The van der Waals surface area contributed by atoms with E-state index in [-0.39, 0.29) is 0 Å². The number of alkyl halides is 3. The molecule has 2 rings (SSSR count). The minimum Gasteiger partial charge on any atom is -0.314 e. The average molecular weight is 272 g/mol. The zero-order chi connectivity index (χ0) is 14.0. The van der Waals surface area contributed by atoms with Crippen LogP contribution in [-0.2, 0) is 0 Å². The van der Waals surface area contributed by atoms with Crippen LogP contribution in [0, 0.1) is 13.8 Å². The molecule has 0 aromatic heterocycles. The molecule has 1 aliphatic heterocycles. The van der Waals surface area contributed by atoms with Crippen LogP contribution < -0.4 is 5.32 Å². The Morgan fingerprint density at radius 2 is 1.58 bits per heavy atom. The standard InChI is InChI=1S/C14H19F3N2/c1-10-7-11(2)9-12(8-10)13(14(15,16)17)19-5-3-18-4-6-19/h7-9,13,18H,3-6H2,1-2H3/t13-/m1/s1. The van der Waals surface area contributed by atoms with Crippen molar-refractivity contribution in [3.63, 3.8) is 0 Å². The van der Waals surface area contributed by atoms with Gasteiger partial charge in [-0.25, -0.2) is 0 Å². The smallest absolute Gasteiger partial charge is 0.314 e. The van der Waals surface area contributed by atoms with E-state index >= 15 is 0 Å². The molecule has 0 spiro atoms. The van der Waals surface area contributed by atoms with Crippen LogP contribution in [0.3, 0.4) is 0 Å². The molecule has 0 amide bonds. The van der Waals surface area contributed by atoms with Gasteiger partial charge in [-0.15, -0.1) is 0 Å². The van der Waals surface area contributed by atoms with E-state index in [1.807, 2.05) is 19.9 Å². The number of aryl methyl sites for hydroxylation is 2. The molecular formula is C14H19F3N2. The second-order valence-corrected chi connectivity index (χ2v) is 5.15. The third-order valence-electron chi connectivity index (χ3n) is 3.39. The summed E-state index contributed by atoms with van der Waals surface area (Å²) in [5.74, 6) is 0. The first-order chi connectivity index (χ1) is 8.88. The fourth-order valence-electron chi connectivity index (χ4n) is 2.71. The Bertz CT molecular complexity index is 417. The van der Waals surface area contributed by atoms with Gasteiger partial charge in [0.1, 0.15) is 6.04 Å².